The summed E-state index contributed by atoms with van der Waals surface area (Å²) in [6.45, 7) is 12.1. The van der Waals surface area contributed by atoms with Gasteiger partial charge in [0.05, 0.1) is 5.81 Å². The largest absolute Gasteiger partial charge is 0.298 e. The highest BCUT2D eigenvalue weighted by Gasteiger charge is 2.14. The molecule has 0 fully saturated rings. The molecular formula is C11H23N2P. The summed E-state index contributed by atoms with van der Waals surface area (Å²) in [5.74, 6) is 2.42. The van der Waals surface area contributed by atoms with Crippen LogP contribution in [0.5, 0.6) is 0 Å². The van der Waals surface area contributed by atoms with Gasteiger partial charge < -0.3 is 0 Å². The number of nitriles is 1. The molecule has 0 heterocycles. The molecule has 14 heavy (non-hydrogen) atoms. The molecule has 2 nitrogen and oxygen atoms in total. The Labute approximate surface area is 90.0 Å². The molecule has 3 heteroatoms. The van der Waals surface area contributed by atoms with E-state index in [1.807, 2.05) is 0 Å². The van der Waals surface area contributed by atoms with E-state index in [9.17, 15) is 0 Å². The SMILES string of the molecule is CCP(C#N)CCN(C(C)C)C(C)C. The number of hydrogen-bond acceptors (Lipinski definition) is 2. The van der Waals surface area contributed by atoms with E-state index < -0.39 is 0 Å². The second kappa shape index (κ2) is 7.21. The third-order valence-corrected chi connectivity index (χ3v) is 4.26. The fourth-order valence-corrected chi connectivity index (χ4v) is 2.66. The predicted octanol–water partition coefficient (Wildman–Crippen LogP) is 3.09. The lowest BCUT2D eigenvalue weighted by atomic mass is 10.2. The van der Waals surface area contributed by atoms with Gasteiger partial charge in [0, 0.05) is 26.6 Å². The zero-order valence-corrected chi connectivity index (χ0v) is 11.0. The van der Waals surface area contributed by atoms with E-state index in [-0.39, 0.29) is 7.92 Å². The quantitative estimate of drug-likeness (QED) is 0.635. The fourth-order valence-electron chi connectivity index (χ4n) is 1.63. The number of hydrogen-bond donors (Lipinski definition) is 0. The van der Waals surface area contributed by atoms with Crippen molar-refractivity contribution in [1.82, 2.24) is 4.90 Å². The molecule has 82 valence electrons. The monoisotopic (exact) mass is 214 g/mol. The molecule has 0 spiro atoms. The Balaban J connectivity index is 4.01. The molecule has 0 N–H and O–H groups in total. The highest BCUT2D eigenvalue weighted by atomic mass is 31.1. The number of nitrogens with zero attached hydrogens (tertiary/aromatic N) is 2. The molecule has 0 aromatic rings. The van der Waals surface area contributed by atoms with Gasteiger partial charge in [-0.2, -0.15) is 5.26 Å². The van der Waals surface area contributed by atoms with E-state index in [2.05, 4.69) is 45.3 Å². The van der Waals surface area contributed by atoms with Crippen LogP contribution in [0.25, 0.3) is 0 Å². The van der Waals surface area contributed by atoms with E-state index in [1.165, 1.54) is 0 Å². The average Bonchev–Trinajstić information content (AvgIpc) is 2.11. The van der Waals surface area contributed by atoms with Crippen molar-refractivity contribution in [2.24, 2.45) is 0 Å². The van der Waals surface area contributed by atoms with Crippen LogP contribution in [0.15, 0.2) is 0 Å². The maximum absolute atomic E-state index is 8.88. The van der Waals surface area contributed by atoms with Crippen molar-refractivity contribution in [2.45, 2.75) is 46.7 Å². The van der Waals surface area contributed by atoms with Crippen LogP contribution in [0, 0.1) is 11.1 Å². The summed E-state index contributed by atoms with van der Waals surface area (Å²) in [5, 5.41) is 8.88. The summed E-state index contributed by atoms with van der Waals surface area (Å²) in [6, 6.07) is 1.17. The smallest absolute Gasteiger partial charge is 0.0872 e. The number of rotatable bonds is 6. The molecule has 0 aromatic heterocycles. The molecule has 0 bridgehead atoms. The second-order valence-corrected chi connectivity index (χ2v) is 6.46. The molecule has 0 radical (unpaired) electrons. The summed E-state index contributed by atoms with van der Waals surface area (Å²) in [4.78, 5) is 2.46. The van der Waals surface area contributed by atoms with Crippen LogP contribution in [-0.2, 0) is 0 Å². The molecule has 1 unspecified atom stereocenters. The third-order valence-electron chi connectivity index (χ3n) is 2.48. The van der Waals surface area contributed by atoms with Crippen LogP contribution in [0.1, 0.15) is 34.6 Å². The van der Waals surface area contributed by atoms with E-state index in [0.29, 0.717) is 12.1 Å². The van der Waals surface area contributed by atoms with E-state index >= 15 is 0 Å². The zero-order chi connectivity index (χ0) is 11.1. The maximum Gasteiger partial charge on any atom is 0.0872 e. The minimum Gasteiger partial charge on any atom is -0.298 e. The average molecular weight is 214 g/mol. The molecule has 0 aliphatic carbocycles. The van der Waals surface area contributed by atoms with Crippen LogP contribution < -0.4 is 0 Å². The van der Waals surface area contributed by atoms with Crippen molar-refractivity contribution < 1.29 is 0 Å². The molecule has 1 atom stereocenters. The molecule has 0 saturated carbocycles. The first-order valence-corrected chi connectivity index (χ1v) is 7.14. The van der Waals surface area contributed by atoms with Crippen LogP contribution in [0.2, 0.25) is 0 Å². The van der Waals surface area contributed by atoms with Crippen molar-refractivity contribution in [3.63, 3.8) is 0 Å². The van der Waals surface area contributed by atoms with Gasteiger partial charge in [-0.25, -0.2) is 0 Å². The minimum absolute atomic E-state index is 0.374. The Hall–Kier alpha value is -0.120. The molecule has 0 saturated heterocycles. The van der Waals surface area contributed by atoms with E-state index in [1.54, 1.807) is 0 Å². The lowest BCUT2D eigenvalue weighted by Gasteiger charge is -2.30. The van der Waals surface area contributed by atoms with Gasteiger partial charge in [0.15, 0.2) is 0 Å². The van der Waals surface area contributed by atoms with E-state index in [0.717, 1.165) is 18.9 Å². The van der Waals surface area contributed by atoms with Crippen molar-refractivity contribution in [3.8, 4) is 5.81 Å². The van der Waals surface area contributed by atoms with Crippen LogP contribution in [0.3, 0.4) is 0 Å². The normalized spacial score (nSPS) is 13.6. The first-order chi connectivity index (χ1) is 6.52. The predicted molar refractivity (Wildman–Crippen MR) is 64.9 cm³/mol. The van der Waals surface area contributed by atoms with Gasteiger partial charge in [0.25, 0.3) is 0 Å². The summed E-state index contributed by atoms with van der Waals surface area (Å²) in [6.07, 6.45) is 2.11. The Morgan fingerprint density at radius 1 is 1.21 bits per heavy atom. The molecule has 0 aliphatic heterocycles. The highest BCUT2D eigenvalue weighted by Crippen LogP contribution is 2.32. The molecule has 0 aliphatic rings. The highest BCUT2D eigenvalue weighted by molar-refractivity contribution is 7.62. The summed E-state index contributed by atoms with van der Waals surface area (Å²) < 4.78 is 0. The van der Waals surface area contributed by atoms with Gasteiger partial charge in [0.2, 0.25) is 0 Å². The van der Waals surface area contributed by atoms with Gasteiger partial charge in [-0.1, -0.05) is 6.92 Å². The Kier molecular flexibility index (Phi) is 7.15. The van der Waals surface area contributed by atoms with Crippen LogP contribution in [-0.4, -0.2) is 35.9 Å². The molecule has 0 amide bonds. The summed E-state index contributed by atoms with van der Waals surface area (Å²) >= 11 is 0. The molecule has 0 aromatic carbocycles. The Morgan fingerprint density at radius 2 is 1.71 bits per heavy atom. The van der Waals surface area contributed by atoms with Gasteiger partial charge >= 0.3 is 0 Å². The summed E-state index contributed by atoms with van der Waals surface area (Å²) in [7, 11) is -0.374. The van der Waals surface area contributed by atoms with Crippen LogP contribution >= 0.6 is 7.92 Å². The van der Waals surface area contributed by atoms with Crippen molar-refractivity contribution in [3.05, 3.63) is 0 Å². The van der Waals surface area contributed by atoms with Crippen LogP contribution in [0.4, 0.5) is 0 Å². The minimum atomic E-state index is -0.374. The Morgan fingerprint density at radius 3 is 2.00 bits per heavy atom. The van der Waals surface area contributed by atoms with Crippen molar-refractivity contribution in [1.29, 1.82) is 5.26 Å². The standard InChI is InChI=1S/C11H23N2P/c1-6-14(9-12)8-7-13(10(2)3)11(4)5/h10-11H,6-8H2,1-5H3. The summed E-state index contributed by atoms with van der Waals surface area (Å²) in [5.41, 5.74) is 0. The topological polar surface area (TPSA) is 27.0 Å². The van der Waals surface area contributed by atoms with Gasteiger partial charge in [-0.05, 0) is 40.0 Å². The second-order valence-electron chi connectivity index (χ2n) is 4.10. The molecular weight excluding hydrogens is 191 g/mol. The first kappa shape index (κ1) is 13.9. The maximum atomic E-state index is 8.88. The zero-order valence-electron chi connectivity index (χ0n) is 10.1. The lowest BCUT2D eigenvalue weighted by molar-refractivity contribution is 0.187. The van der Waals surface area contributed by atoms with E-state index in [4.69, 9.17) is 5.26 Å². The van der Waals surface area contributed by atoms with Gasteiger partial charge in [0.1, 0.15) is 0 Å². The van der Waals surface area contributed by atoms with Gasteiger partial charge in [-0.15, -0.1) is 0 Å². The first-order valence-electron chi connectivity index (χ1n) is 5.43. The third kappa shape index (κ3) is 4.94. The van der Waals surface area contributed by atoms with Gasteiger partial charge in [-0.3, -0.25) is 4.90 Å². The Bertz CT molecular complexity index is 176. The fraction of sp³-hybridized carbons (Fsp3) is 0.909. The lowest BCUT2D eigenvalue weighted by Crippen LogP contribution is -2.38. The molecule has 0 rings (SSSR count). The van der Waals surface area contributed by atoms with Crippen molar-refractivity contribution in [2.75, 3.05) is 18.9 Å². The van der Waals surface area contributed by atoms with Crippen molar-refractivity contribution >= 4 is 7.92 Å².